The number of pyridine rings is 1. The number of hydrogen-bond acceptors (Lipinski definition) is 4. The Morgan fingerprint density at radius 2 is 1.91 bits per heavy atom. The third-order valence-electron chi connectivity index (χ3n) is 3.33. The van der Waals surface area contributed by atoms with Crippen LogP contribution in [0.1, 0.15) is 15.9 Å². The molecular weight excluding hydrogens is 278 g/mol. The van der Waals surface area contributed by atoms with Gasteiger partial charge in [-0.15, -0.1) is 0 Å². The van der Waals surface area contributed by atoms with Crippen molar-refractivity contribution in [2.24, 2.45) is 0 Å². The number of aromatic nitrogens is 1. The molecule has 0 aliphatic heterocycles. The Balaban J connectivity index is 1.84. The highest BCUT2D eigenvalue weighted by atomic mass is 16.5. The van der Waals surface area contributed by atoms with Gasteiger partial charge in [-0.3, -0.25) is 4.79 Å². The molecule has 2 rings (SSSR count). The molecule has 1 N–H and O–H groups in total. The lowest BCUT2D eigenvalue weighted by atomic mass is 10.1. The number of carbonyl (C=O) groups is 1. The highest BCUT2D eigenvalue weighted by Gasteiger charge is 2.06. The van der Waals surface area contributed by atoms with E-state index in [0.29, 0.717) is 12.1 Å². The number of nitrogens with zero attached hydrogens (tertiary/aromatic N) is 2. The number of carbonyl (C=O) groups excluding carboxylic acids is 1. The van der Waals surface area contributed by atoms with Crippen molar-refractivity contribution >= 4 is 11.7 Å². The lowest BCUT2D eigenvalue weighted by Gasteiger charge is -2.11. The second-order valence-corrected chi connectivity index (χ2v) is 5.15. The van der Waals surface area contributed by atoms with Gasteiger partial charge in [-0.05, 0) is 36.2 Å². The maximum absolute atomic E-state index is 12.0. The highest BCUT2D eigenvalue weighted by Crippen LogP contribution is 2.11. The lowest BCUT2D eigenvalue weighted by molar-refractivity contribution is 0.0954. The number of hydrogen-bond donors (Lipinski definition) is 1. The van der Waals surface area contributed by atoms with E-state index in [4.69, 9.17) is 4.74 Å². The number of ether oxygens (including phenoxy) is 1. The Labute approximate surface area is 130 Å². The Kier molecular flexibility index (Phi) is 5.36. The molecule has 0 aliphatic carbocycles. The maximum atomic E-state index is 12.0. The molecular formula is C17H21N3O2. The van der Waals surface area contributed by atoms with Gasteiger partial charge in [-0.1, -0.05) is 12.1 Å². The molecule has 0 saturated carbocycles. The van der Waals surface area contributed by atoms with Crippen molar-refractivity contribution in [1.82, 2.24) is 10.3 Å². The summed E-state index contributed by atoms with van der Waals surface area (Å²) >= 11 is 0. The molecule has 0 radical (unpaired) electrons. The molecule has 22 heavy (non-hydrogen) atoms. The zero-order valence-electron chi connectivity index (χ0n) is 13.2. The Bertz CT molecular complexity index is 607. The third kappa shape index (κ3) is 4.22. The van der Waals surface area contributed by atoms with Crippen molar-refractivity contribution in [3.8, 4) is 5.75 Å². The molecule has 1 aromatic heterocycles. The number of methoxy groups -OCH3 is 1. The fourth-order valence-electron chi connectivity index (χ4n) is 2.00. The molecule has 0 spiro atoms. The number of nitrogens with one attached hydrogen (secondary N) is 1. The van der Waals surface area contributed by atoms with Crippen LogP contribution < -0.4 is 15.0 Å². The summed E-state index contributed by atoms with van der Waals surface area (Å²) < 4.78 is 5.12. The van der Waals surface area contributed by atoms with Crippen LogP contribution >= 0.6 is 0 Å². The van der Waals surface area contributed by atoms with E-state index >= 15 is 0 Å². The summed E-state index contributed by atoms with van der Waals surface area (Å²) in [4.78, 5) is 18.2. The summed E-state index contributed by atoms with van der Waals surface area (Å²) in [7, 11) is 5.47. The Hall–Kier alpha value is -2.56. The number of benzene rings is 1. The molecule has 0 saturated heterocycles. The van der Waals surface area contributed by atoms with Crippen LogP contribution in [0.15, 0.2) is 42.6 Å². The lowest BCUT2D eigenvalue weighted by Crippen LogP contribution is -2.26. The minimum absolute atomic E-state index is 0.105. The van der Waals surface area contributed by atoms with Crippen LogP contribution in [-0.4, -0.2) is 38.6 Å². The molecule has 1 amide bonds. The summed E-state index contributed by atoms with van der Waals surface area (Å²) in [5.74, 6) is 1.56. The van der Waals surface area contributed by atoms with Gasteiger partial charge in [0.2, 0.25) is 0 Å². The van der Waals surface area contributed by atoms with Crippen molar-refractivity contribution in [3.05, 3.63) is 53.7 Å². The zero-order valence-corrected chi connectivity index (χ0v) is 13.2. The van der Waals surface area contributed by atoms with E-state index in [1.165, 1.54) is 0 Å². The van der Waals surface area contributed by atoms with Gasteiger partial charge in [-0.2, -0.15) is 0 Å². The smallest absolute Gasteiger partial charge is 0.252 e. The van der Waals surface area contributed by atoms with Gasteiger partial charge in [0, 0.05) is 26.8 Å². The molecule has 2 aromatic rings. The average molecular weight is 299 g/mol. The zero-order chi connectivity index (χ0) is 15.9. The van der Waals surface area contributed by atoms with Gasteiger partial charge < -0.3 is 15.0 Å². The second kappa shape index (κ2) is 7.45. The standard InChI is InChI=1S/C17H21N3O2/c1-20(2)16-9-6-14(12-19-16)17(21)18-11-10-13-4-7-15(22-3)8-5-13/h4-9,12H,10-11H2,1-3H3,(H,18,21). The summed E-state index contributed by atoms with van der Waals surface area (Å²) in [6.07, 6.45) is 2.37. The normalized spacial score (nSPS) is 10.1. The SMILES string of the molecule is COc1ccc(CCNC(=O)c2ccc(N(C)C)nc2)cc1. The minimum Gasteiger partial charge on any atom is -0.497 e. The topological polar surface area (TPSA) is 54.5 Å². The van der Waals surface area contributed by atoms with Crippen LogP contribution in [0.4, 0.5) is 5.82 Å². The van der Waals surface area contributed by atoms with Gasteiger partial charge >= 0.3 is 0 Å². The Morgan fingerprint density at radius 3 is 2.45 bits per heavy atom. The number of rotatable bonds is 6. The molecule has 0 fully saturated rings. The summed E-state index contributed by atoms with van der Waals surface area (Å²) in [5.41, 5.74) is 1.72. The first-order chi connectivity index (χ1) is 10.6. The minimum atomic E-state index is -0.105. The van der Waals surface area contributed by atoms with Crippen LogP contribution in [0.5, 0.6) is 5.75 Å². The number of anilines is 1. The van der Waals surface area contributed by atoms with Crippen LogP contribution in [0, 0.1) is 0 Å². The predicted molar refractivity (Wildman–Crippen MR) is 87.6 cm³/mol. The summed E-state index contributed by atoms with van der Waals surface area (Å²) in [5, 5.41) is 2.90. The highest BCUT2D eigenvalue weighted by molar-refractivity contribution is 5.94. The van der Waals surface area contributed by atoms with Crippen molar-refractivity contribution in [3.63, 3.8) is 0 Å². The van der Waals surface area contributed by atoms with E-state index in [1.807, 2.05) is 49.3 Å². The van der Waals surface area contributed by atoms with E-state index in [-0.39, 0.29) is 5.91 Å². The largest absolute Gasteiger partial charge is 0.497 e. The summed E-state index contributed by atoms with van der Waals surface area (Å²) in [6, 6.07) is 11.4. The molecule has 116 valence electrons. The van der Waals surface area contributed by atoms with Gasteiger partial charge in [-0.25, -0.2) is 4.98 Å². The van der Waals surface area contributed by atoms with Crippen LogP contribution in [0.3, 0.4) is 0 Å². The van der Waals surface area contributed by atoms with Gasteiger partial charge in [0.1, 0.15) is 11.6 Å². The van der Waals surface area contributed by atoms with Crippen LogP contribution in [0.25, 0.3) is 0 Å². The molecule has 0 unspecified atom stereocenters. The van der Waals surface area contributed by atoms with E-state index in [9.17, 15) is 4.79 Å². The van der Waals surface area contributed by atoms with Crippen molar-refractivity contribution in [2.45, 2.75) is 6.42 Å². The van der Waals surface area contributed by atoms with Gasteiger partial charge in [0.25, 0.3) is 5.91 Å². The van der Waals surface area contributed by atoms with Crippen LogP contribution in [-0.2, 0) is 6.42 Å². The number of amides is 1. The van der Waals surface area contributed by atoms with E-state index < -0.39 is 0 Å². The van der Waals surface area contributed by atoms with Crippen molar-refractivity contribution in [1.29, 1.82) is 0 Å². The van der Waals surface area contributed by atoms with Crippen molar-refractivity contribution < 1.29 is 9.53 Å². The molecule has 0 aliphatic rings. The first-order valence-corrected chi connectivity index (χ1v) is 7.14. The fraction of sp³-hybridized carbons (Fsp3) is 0.294. The summed E-state index contributed by atoms with van der Waals surface area (Å²) in [6.45, 7) is 0.584. The van der Waals surface area contributed by atoms with Gasteiger partial charge in [0.05, 0.1) is 12.7 Å². The average Bonchev–Trinajstić information content (AvgIpc) is 2.55. The Morgan fingerprint density at radius 1 is 1.18 bits per heavy atom. The van der Waals surface area contributed by atoms with E-state index in [2.05, 4.69) is 10.3 Å². The van der Waals surface area contributed by atoms with Gasteiger partial charge in [0.15, 0.2) is 0 Å². The molecule has 0 bridgehead atoms. The fourth-order valence-corrected chi connectivity index (χ4v) is 2.00. The molecule has 5 nitrogen and oxygen atoms in total. The van der Waals surface area contributed by atoms with Crippen molar-refractivity contribution in [2.75, 3.05) is 32.6 Å². The quantitative estimate of drug-likeness (QED) is 0.888. The molecule has 0 atom stereocenters. The monoisotopic (exact) mass is 299 g/mol. The molecule has 1 heterocycles. The third-order valence-corrected chi connectivity index (χ3v) is 3.33. The first-order valence-electron chi connectivity index (χ1n) is 7.14. The maximum Gasteiger partial charge on any atom is 0.252 e. The predicted octanol–water partition coefficient (Wildman–Crippen LogP) is 2.13. The second-order valence-electron chi connectivity index (χ2n) is 5.15. The van der Waals surface area contributed by atoms with Crippen LogP contribution in [0.2, 0.25) is 0 Å². The van der Waals surface area contributed by atoms with E-state index in [0.717, 1.165) is 23.6 Å². The van der Waals surface area contributed by atoms with E-state index in [1.54, 1.807) is 19.4 Å². The molecule has 1 aromatic carbocycles. The molecule has 5 heteroatoms. The first kappa shape index (κ1) is 15.8.